The van der Waals surface area contributed by atoms with E-state index in [9.17, 15) is 0 Å². The van der Waals surface area contributed by atoms with Crippen LogP contribution < -0.4 is 5.32 Å². The first-order chi connectivity index (χ1) is 6.07. The van der Waals surface area contributed by atoms with E-state index in [0.29, 0.717) is 6.61 Å². The zero-order valence-electron chi connectivity index (χ0n) is 7.73. The van der Waals surface area contributed by atoms with Crippen molar-refractivity contribution in [1.82, 2.24) is 0 Å². The molecule has 1 aromatic carbocycles. The summed E-state index contributed by atoms with van der Waals surface area (Å²) in [6.07, 6.45) is 0. The highest BCUT2D eigenvalue weighted by Gasteiger charge is 2.24. The molecule has 2 nitrogen and oxygen atoms in total. The topological polar surface area (TPSA) is 21.3 Å². The van der Waals surface area contributed by atoms with Crippen LogP contribution in [0.1, 0.15) is 19.4 Å². The van der Waals surface area contributed by atoms with Crippen LogP contribution in [0.2, 0.25) is 5.02 Å². The standard InChI is InChI=1S/C10H12ClNO/c1-10(2)12-9-5-8(11)4-3-7(9)6-13-10/h3-5,12H,6H2,1-2H3. The van der Waals surface area contributed by atoms with E-state index in [4.69, 9.17) is 16.3 Å². The smallest absolute Gasteiger partial charge is 0.133 e. The zero-order chi connectivity index (χ0) is 9.47. The van der Waals surface area contributed by atoms with E-state index >= 15 is 0 Å². The van der Waals surface area contributed by atoms with Crippen LogP contribution in [0.3, 0.4) is 0 Å². The van der Waals surface area contributed by atoms with E-state index in [1.807, 2.05) is 32.0 Å². The van der Waals surface area contributed by atoms with Gasteiger partial charge in [-0.3, -0.25) is 0 Å². The molecule has 0 saturated heterocycles. The molecule has 0 aromatic heterocycles. The first kappa shape index (κ1) is 8.85. The van der Waals surface area contributed by atoms with Crippen LogP contribution >= 0.6 is 11.6 Å². The fourth-order valence-electron chi connectivity index (χ4n) is 1.41. The SMILES string of the molecule is CC1(C)Nc2cc(Cl)ccc2CO1. The lowest BCUT2D eigenvalue weighted by Crippen LogP contribution is -2.37. The van der Waals surface area contributed by atoms with Gasteiger partial charge in [0.2, 0.25) is 0 Å². The number of halogens is 1. The van der Waals surface area contributed by atoms with Gasteiger partial charge in [0.25, 0.3) is 0 Å². The molecule has 2 rings (SSSR count). The number of anilines is 1. The number of fused-ring (bicyclic) bond motifs is 1. The van der Waals surface area contributed by atoms with Gasteiger partial charge in [-0.2, -0.15) is 0 Å². The summed E-state index contributed by atoms with van der Waals surface area (Å²) in [4.78, 5) is 0. The molecule has 0 unspecified atom stereocenters. The normalized spacial score (nSPS) is 19.0. The maximum absolute atomic E-state index is 5.89. The molecule has 1 aromatic rings. The maximum atomic E-state index is 5.89. The second kappa shape index (κ2) is 2.89. The van der Waals surface area contributed by atoms with Crippen molar-refractivity contribution in [3.05, 3.63) is 28.8 Å². The minimum absolute atomic E-state index is 0.294. The Morgan fingerprint density at radius 3 is 3.00 bits per heavy atom. The van der Waals surface area contributed by atoms with Gasteiger partial charge in [-0.05, 0) is 26.0 Å². The van der Waals surface area contributed by atoms with E-state index in [2.05, 4.69) is 5.32 Å². The quantitative estimate of drug-likeness (QED) is 0.691. The molecular formula is C10H12ClNO. The lowest BCUT2D eigenvalue weighted by molar-refractivity contribution is -0.0153. The van der Waals surface area contributed by atoms with Crippen molar-refractivity contribution in [2.75, 3.05) is 5.32 Å². The zero-order valence-corrected chi connectivity index (χ0v) is 8.48. The van der Waals surface area contributed by atoms with Gasteiger partial charge in [0.05, 0.1) is 6.61 Å². The predicted molar refractivity (Wildman–Crippen MR) is 53.9 cm³/mol. The maximum Gasteiger partial charge on any atom is 0.133 e. The highest BCUT2D eigenvalue weighted by Crippen LogP contribution is 2.30. The summed E-state index contributed by atoms with van der Waals surface area (Å²) in [7, 11) is 0. The molecule has 0 atom stereocenters. The Bertz CT molecular complexity index is 336. The van der Waals surface area contributed by atoms with Crippen LogP contribution in [-0.4, -0.2) is 5.72 Å². The lowest BCUT2D eigenvalue weighted by Gasteiger charge is -2.33. The van der Waals surface area contributed by atoms with Crippen molar-refractivity contribution in [2.45, 2.75) is 26.2 Å². The Morgan fingerprint density at radius 1 is 1.46 bits per heavy atom. The Kier molecular flexibility index (Phi) is 1.97. The van der Waals surface area contributed by atoms with E-state index < -0.39 is 0 Å². The second-order valence-corrected chi connectivity index (χ2v) is 4.16. The van der Waals surface area contributed by atoms with Gasteiger partial charge >= 0.3 is 0 Å². The Labute approximate surface area is 82.9 Å². The molecule has 0 aliphatic carbocycles. The molecule has 13 heavy (non-hydrogen) atoms. The number of hydrogen-bond donors (Lipinski definition) is 1. The number of nitrogens with one attached hydrogen (secondary N) is 1. The van der Waals surface area contributed by atoms with E-state index in [-0.39, 0.29) is 5.72 Å². The second-order valence-electron chi connectivity index (χ2n) is 3.73. The summed E-state index contributed by atoms with van der Waals surface area (Å²) in [5.41, 5.74) is 1.94. The molecule has 1 N–H and O–H groups in total. The summed E-state index contributed by atoms with van der Waals surface area (Å²) >= 11 is 5.89. The van der Waals surface area contributed by atoms with Gasteiger partial charge in [0.15, 0.2) is 0 Å². The van der Waals surface area contributed by atoms with E-state index in [1.54, 1.807) is 0 Å². The third-order valence-electron chi connectivity index (χ3n) is 2.10. The van der Waals surface area contributed by atoms with Gasteiger partial charge in [-0.1, -0.05) is 17.7 Å². The molecule has 70 valence electrons. The van der Waals surface area contributed by atoms with Crippen molar-refractivity contribution in [1.29, 1.82) is 0 Å². The molecule has 0 spiro atoms. The van der Waals surface area contributed by atoms with Crippen molar-refractivity contribution in [3.63, 3.8) is 0 Å². The summed E-state index contributed by atoms with van der Waals surface area (Å²) in [5, 5.41) is 4.02. The Hall–Kier alpha value is -0.730. The summed E-state index contributed by atoms with van der Waals surface area (Å²) in [6, 6.07) is 5.80. The van der Waals surface area contributed by atoms with Crippen LogP contribution in [0.25, 0.3) is 0 Å². The van der Waals surface area contributed by atoms with Crippen molar-refractivity contribution in [2.24, 2.45) is 0 Å². The van der Waals surface area contributed by atoms with Crippen LogP contribution in [0, 0.1) is 0 Å². The predicted octanol–water partition coefficient (Wildman–Crippen LogP) is 3.02. The molecule has 0 fully saturated rings. The molecule has 3 heteroatoms. The molecular weight excluding hydrogens is 186 g/mol. The number of hydrogen-bond acceptors (Lipinski definition) is 2. The molecule has 1 heterocycles. The minimum atomic E-state index is -0.294. The van der Waals surface area contributed by atoms with Gasteiger partial charge in [0, 0.05) is 16.3 Å². The van der Waals surface area contributed by atoms with Crippen LogP contribution in [-0.2, 0) is 11.3 Å². The van der Waals surface area contributed by atoms with Gasteiger partial charge in [-0.15, -0.1) is 0 Å². The highest BCUT2D eigenvalue weighted by molar-refractivity contribution is 6.30. The van der Waals surface area contributed by atoms with Gasteiger partial charge < -0.3 is 10.1 Å². The van der Waals surface area contributed by atoms with Gasteiger partial charge in [0.1, 0.15) is 5.72 Å². The highest BCUT2D eigenvalue weighted by atomic mass is 35.5. The van der Waals surface area contributed by atoms with Crippen LogP contribution in [0.15, 0.2) is 18.2 Å². The third-order valence-corrected chi connectivity index (χ3v) is 2.33. The van der Waals surface area contributed by atoms with E-state index in [0.717, 1.165) is 16.3 Å². The van der Waals surface area contributed by atoms with Crippen molar-refractivity contribution in [3.8, 4) is 0 Å². The molecule has 1 aliphatic heterocycles. The summed E-state index contributed by atoms with van der Waals surface area (Å²) in [5.74, 6) is 0. The molecule has 0 bridgehead atoms. The fourth-order valence-corrected chi connectivity index (χ4v) is 1.58. The largest absolute Gasteiger partial charge is 0.358 e. The Balaban J connectivity index is 2.38. The average molecular weight is 198 g/mol. The number of ether oxygens (including phenoxy) is 1. The molecule has 0 amide bonds. The summed E-state index contributed by atoms with van der Waals surface area (Å²) in [6.45, 7) is 4.64. The molecule has 0 saturated carbocycles. The van der Waals surface area contributed by atoms with E-state index in [1.165, 1.54) is 0 Å². The monoisotopic (exact) mass is 197 g/mol. The Morgan fingerprint density at radius 2 is 2.23 bits per heavy atom. The summed E-state index contributed by atoms with van der Waals surface area (Å²) < 4.78 is 5.58. The fraction of sp³-hybridized carbons (Fsp3) is 0.400. The molecule has 1 aliphatic rings. The van der Waals surface area contributed by atoms with Gasteiger partial charge in [-0.25, -0.2) is 0 Å². The number of benzene rings is 1. The minimum Gasteiger partial charge on any atom is -0.358 e. The lowest BCUT2D eigenvalue weighted by atomic mass is 10.1. The third kappa shape index (κ3) is 1.79. The van der Waals surface area contributed by atoms with Crippen molar-refractivity contribution < 1.29 is 4.74 Å². The first-order valence-electron chi connectivity index (χ1n) is 4.27. The van der Waals surface area contributed by atoms with Crippen LogP contribution in [0.5, 0.6) is 0 Å². The van der Waals surface area contributed by atoms with Crippen LogP contribution in [0.4, 0.5) is 5.69 Å². The number of rotatable bonds is 0. The average Bonchev–Trinajstić information content (AvgIpc) is 2.01. The molecule has 0 radical (unpaired) electrons. The van der Waals surface area contributed by atoms with Crippen molar-refractivity contribution >= 4 is 17.3 Å². The first-order valence-corrected chi connectivity index (χ1v) is 4.65.